The van der Waals surface area contributed by atoms with Crippen LogP contribution >= 0.6 is 0 Å². The van der Waals surface area contributed by atoms with Crippen LogP contribution in [0.2, 0.25) is 0 Å². The summed E-state index contributed by atoms with van der Waals surface area (Å²) in [5.41, 5.74) is 1.25. The van der Waals surface area contributed by atoms with Crippen LogP contribution in [0.25, 0.3) is 11.0 Å². The average Bonchev–Trinajstić information content (AvgIpc) is 2.47. The molecule has 12 heavy (non-hydrogen) atoms. The second-order valence-electron chi connectivity index (χ2n) is 2.37. The van der Waals surface area contributed by atoms with E-state index in [1.807, 2.05) is 6.07 Å². The molecule has 5 heteroatoms. The summed E-state index contributed by atoms with van der Waals surface area (Å²) in [7, 11) is 0. The van der Waals surface area contributed by atoms with Crippen molar-refractivity contribution in [1.29, 1.82) is 0 Å². The molecule has 0 saturated carbocycles. The number of fused-ring (bicyclic) bond motifs is 1. The molecular formula is C7H7N3O2. The highest BCUT2D eigenvalue weighted by Gasteiger charge is 2.07. The lowest BCUT2D eigenvalue weighted by Gasteiger charge is -2.01. The number of aromatic nitrogens is 3. The molecule has 0 aliphatic heterocycles. The van der Waals surface area contributed by atoms with Crippen molar-refractivity contribution in [1.82, 2.24) is 15.0 Å². The van der Waals surface area contributed by atoms with Gasteiger partial charge in [0.2, 0.25) is 0 Å². The Morgan fingerprint density at radius 3 is 2.75 bits per heavy atom. The Labute approximate surface area is 67.9 Å². The fourth-order valence-electron chi connectivity index (χ4n) is 1.06. The number of aliphatic hydroxyl groups excluding tert-OH is 1. The van der Waals surface area contributed by atoms with Crippen molar-refractivity contribution < 1.29 is 10.2 Å². The highest BCUT2D eigenvalue weighted by Crippen LogP contribution is 2.11. The lowest BCUT2D eigenvalue weighted by atomic mass is 10.3. The zero-order valence-electron chi connectivity index (χ0n) is 6.12. The topological polar surface area (TPSA) is 71.2 Å². The lowest BCUT2D eigenvalue weighted by molar-refractivity contribution is -0.108. The van der Waals surface area contributed by atoms with Gasteiger partial charge in [0.05, 0.1) is 5.52 Å². The molecule has 0 atom stereocenters. The zero-order chi connectivity index (χ0) is 8.55. The normalized spacial score (nSPS) is 11.2. The van der Waals surface area contributed by atoms with E-state index in [9.17, 15) is 0 Å². The van der Waals surface area contributed by atoms with Gasteiger partial charge in [0, 0.05) is 0 Å². The number of rotatable bonds is 1. The van der Waals surface area contributed by atoms with Gasteiger partial charge in [0.25, 0.3) is 6.41 Å². The third-order valence-corrected chi connectivity index (χ3v) is 1.60. The van der Waals surface area contributed by atoms with Crippen molar-refractivity contribution in [2.75, 3.05) is 0 Å². The Hall–Kier alpha value is -1.46. The Morgan fingerprint density at radius 2 is 2.00 bits per heavy atom. The second kappa shape index (κ2) is 2.54. The minimum absolute atomic E-state index is 0.604. The van der Waals surface area contributed by atoms with E-state index < -0.39 is 6.41 Å². The predicted octanol–water partition coefficient (Wildman–Crippen LogP) is -0.128. The van der Waals surface area contributed by atoms with Gasteiger partial charge in [0.15, 0.2) is 0 Å². The molecule has 0 amide bonds. The molecule has 0 aliphatic carbocycles. The average molecular weight is 165 g/mol. The van der Waals surface area contributed by atoms with Crippen molar-refractivity contribution >= 4 is 11.0 Å². The Bertz CT molecular complexity index is 396. The Morgan fingerprint density at radius 1 is 1.25 bits per heavy atom. The van der Waals surface area contributed by atoms with Crippen molar-refractivity contribution in [3.63, 3.8) is 0 Å². The van der Waals surface area contributed by atoms with Crippen molar-refractivity contribution in [3.8, 4) is 0 Å². The monoisotopic (exact) mass is 165 g/mol. The molecule has 5 nitrogen and oxygen atoms in total. The van der Waals surface area contributed by atoms with E-state index in [0.717, 1.165) is 4.68 Å². The first-order valence-corrected chi connectivity index (χ1v) is 3.45. The van der Waals surface area contributed by atoms with Gasteiger partial charge in [-0.2, -0.15) is 4.68 Å². The number of para-hydroxylation sites is 1. The van der Waals surface area contributed by atoms with E-state index in [4.69, 9.17) is 10.2 Å². The predicted molar refractivity (Wildman–Crippen MR) is 41.0 cm³/mol. The van der Waals surface area contributed by atoms with E-state index in [2.05, 4.69) is 10.3 Å². The van der Waals surface area contributed by atoms with Crippen LogP contribution in [0.5, 0.6) is 0 Å². The summed E-state index contributed by atoms with van der Waals surface area (Å²) in [5.74, 6) is 0. The highest BCUT2D eigenvalue weighted by atomic mass is 16.5. The van der Waals surface area contributed by atoms with Gasteiger partial charge in [-0.1, -0.05) is 17.3 Å². The maximum atomic E-state index is 8.83. The molecule has 2 rings (SSSR count). The molecule has 1 aromatic heterocycles. The van der Waals surface area contributed by atoms with Crippen LogP contribution < -0.4 is 0 Å². The molecule has 0 bridgehead atoms. The van der Waals surface area contributed by atoms with Crippen LogP contribution in [0.1, 0.15) is 6.41 Å². The molecular weight excluding hydrogens is 158 g/mol. The van der Waals surface area contributed by atoms with Crippen LogP contribution in [-0.4, -0.2) is 25.2 Å². The maximum absolute atomic E-state index is 8.83. The fourth-order valence-corrected chi connectivity index (χ4v) is 1.06. The van der Waals surface area contributed by atoms with Gasteiger partial charge in [-0.25, -0.2) is 0 Å². The summed E-state index contributed by atoms with van der Waals surface area (Å²) in [4.78, 5) is 0. The Balaban J connectivity index is 2.70. The molecule has 0 unspecified atom stereocenters. The van der Waals surface area contributed by atoms with Crippen LogP contribution in [0, 0.1) is 0 Å². The quantitative estimate of drug-likeness (QED) is 0.577. The van der Waals surface area contributed by atoms with Crippen LogP contribution in [-0.2, 0) is 0 Å². The van der Waals surface area contributed by atoms with Crippen LogP contribution in [0.4, 0.5) is 0 Å². The number of aliphatic hydroxyl groups is 2. The van der Waals surface area contributed by atoms with Crippen molar-refractivity contribution in [3.05, 3.63) is 24.3 Å². The molecule has 0 spiro atoms. The van der Waals surface area contributed by atoms with Crippen LogP contribution in [0.15, 0.2) is 24.3 Å². The standard InChI is InChI=1S/C7H7N3O2/c11-7(12)10-6-4-2-1-3-5(6)8-9-10/h1-4,7,11-12H. The molecule has 0 aliphatic rings. The first-order valence-electron chi connectivity index (χ1n) is 3.45. The third-order valence-electron chi connectivity index (χ3n) is 1.60. The van der Waals surface area contributed by atoms with E-state index in [1.165, 1.54) is 0 Å². The molecule has 1 aromatic carbocycles. The number of hydrogen-bond acceptors (Lipinski definition) is 4. The SMILES string of the molecule is OC(O)n1nnc2ccccc21. The first-order chi connectivity index (χ1) is 5.79. The van der Waals surface area contributed by atoms with Crippen molar-refractivity contribution in [2.45, 2.75) is 6.41 Å². The first kappa shape index (κ1) is 7.20. The van der Waals surface area contributed by atoms with Crippen LogP contribution in [0.3, 0.4) is 0 Å². The lowest BCUT2D eigenvalue weighted by Crippen LogP contribution is -2.08. The highest BCUT2D eigenvalue weighted by molar-refractivity contribution is 5.73. The number of hydrogen-bond donors (Lipinski definition) is 2. The Kier molecular flexibility index (Phi) is 1.53. The van der Waals surface area contributed by atoms with E-state index in [1.54, 1.807) is 18.2 Å². The van der Waals surface area contributed by atoms with Crippen molar-refractivity contribution in [2.24, 2.45) is 0 Å². The van der Waals surface area contributed by atoms with Gasteiger partial charge >= 0.3 is 0 Å². The van der Waals surface area contributed by atoms with E-state index in [-0.39, 0.29) is 0 Å². The molecule has 2 aromatic rings. The van der Waals surface area contributed by atoms with Gasteiger partial charge in [0.1, 0.15) is 5.52 Å². The summed E-state index contributed by atoms with van der Waals surface area (Å²) in [5, 5.41) is 24.9. The zero-order valence-corrected chi connectivity index (χ0v) is 6.12. The molecule has 0 saturated heterocycles. The summed E-state index contributed by atoms with van der Waals surface area (Å²) >= 11 is 0. The summed E-state index contributed by atoms with van der Waals surface area (Å²) < 4.78 is 1.04. The molecule has 0 fully saturated rings. The minimum Gasteiger partial charge on any atom is -0.350 e. The van der Waals surface area contributed by atoms with E-state index >= 15 is 0 Å². The van der Waals surface area contributed by atoms with Gasteiger partial charge < -0.3 is 10.2 Å². The molecule has 2 N–H and O–H groups in total. The largest absolute Gasteiger partial charge is 0.350 e. The smallest absolute Gasteiger partial charge is 0.256 e. The van der Waals surface area contributed by atoms with Gasteiger partial charge in [-0.05, 0) is 12.1 Å². The van der Waals surface area contributed by atoms with E-state index in [0.29, 0.717) is 11.0 Å². The molecule has 62 valence electrons. The summed E-state index contributed by atoms with van der Waals surface area (Å²) in [6.45, 7) is 0. The molecule has 1 heterocycles. The van der Waals surface area contributed by atoms with Gasteiger partial charge in [-0.15, -0.1) is 5.10 Å². The summed E-state index contributed by atoms with van der Waals surface area (Å²) in [6.07, 6.45) is -1.63. The summed E-state index contributed by atoms with van der Waals surface area (Å²) in [6, 6.07) is 7.06. The third kappa shape index (κ3) is 0.956. The molecule has 0 radical (unpaired) electrons. The number of nitrogens with zero attached hydrogens (tertiary/aromatic N) is 3. The fraction of sp³-hybridized carbons (Fsp3) is 0.143. The number of benzene rings is 1. The second-order valence-corrected chi connectivity index (χ2v) is 2.37. The minimum atomic E-state index is -1.63. The van der Waals surface area contributed by atoms with Gasteiger partial charge in [-0.3, -0.25) is 0 Å². The maximum Gasteiger partial charge on any atom is 0.256 e.